The van der Waals surface area contributed by atoms with Gasteiger partial charge in [0, 0.05) is 14.1 Å². The lowest BCUT2D eigenvalue weighted by Gasteiger charge is -2.24. The Morgan fingerprint density at radius 3 is 2.50 bits per heavy atom. The summed E-state index contributed by atoms with van der Waals surface area (Å²) in [6.07, 6.45) is 1.17. The molecule has 136 valence electrons. The Hall–Kier alpha value is -3.09. The van der Waals surface area contributed by atoms with Gasteiger partial charge in [-0.25, -0.2) is 14.8 Å². The van der Waals surface area contributed by atoms with E-state index in [-0.39, 0.29) is 0 Å². The Bertz CT molecular complexity index is 957. The number of pyridine rings is 1. The van der Waals surface area contributed by atoms with E-state index in [1.165, 1.54) is 4.90 Å². The average molecular weight is 353 g/mol. The number of nitrogens with two attached hydrogens (primary N) is 1. The van der Waals surface area contributed by atoms with Gasteiger partial charge < -0.3 is 15.0 Å². The van der Waals surface area contributed by atoms with Gasteiger partial charge in [0.1, 0.15) is 16.9 Å². The highest BCUT2D eigenvalue weighted by molar-refractivity contribution is 6.05. The fourth-order valence-corrected chi connectivity index (χ4v) is 2.77. The van der Waals surface area contributed by atoms with Crippen molar-refractivity contribution in [3.63, 3.8) is 0 Å². The monoisotopic (exact) mass is 353 g/mol. The van der Waals surface area contributed by atoms with Crippen molar-refractivity contribution < 1.29 is 9.53 Å². The number of amides is 1. The molecule has 3 aromatic rings. The molecule has 1 aromatic carbocycles. The molecule has 0 aliphatic carbocycles. The van der Waals surface area contributed by atoms with Crippen LogP contribution in [0.5, 0.6) is 0 Å². The van der Waals surface area contributed by atoms with E-state index < -0.39 is 11.7 Å². The van der Waals surface area contributed by atoms with Crippen LogP contribution in [0.1, 0.15) is 20.8 Å². The first kappa shape index (κ1) is 17.7. The largest absolute Gasteiger partial charge is 0.443 e. The fourth-order valence-electron chi connectivity index (χ4n) is 2.77. The summed E-state index contributed by atoms with van der Waals surface area (Å²) in [7, 11) is 3.49. The van der Waals surface area contributed by atoms with Gasteiger partial charge in [-0.3, -0.25) is 4.90 Å². The van der Waals surface area contributed by atoms with Crippen molar-refractivity contribution in [3.05, 3.63) is 36.7 Å². The normalized spacial score (nSPS) is 11.6. The number of imidazole rings is 1. The van der Waals surface area contributed by atoms with Crippen molar-refractivity contribution in [1.29, 1.82) is 0 Å². The van der Waals surface area contributed by atoms with E-state index in [9.17, 15) is 4.79 Å². The number of hydrogen-bond acceptors (Lipinski definition) is 5. The number of carbonyl (C=O) groups excluding carboxylic acids is 1. The van der Waals surface area contributed by atoms with E-state index in [1.807, 2.05) is 62.7 Å². The van der Waals surface area contributed by atoms with Crippen LogP contribution in [0.2, 0.25) is 0 Å². The average Bonchev–Trinajstić information content (AvgIpc) is 2.94. The molecule has 26 heavy (non-hydrogen) atoms. The summed E-state index contributed by atoms with van der Waals surface area (Å²) in [5.74, 6) is 0.699. The summed E-state index contributed by atoms with van der Waals surface area (Å²) < 4.78 is 7.31. The second-order valence-electron chi connectivity index (χ2n) is 7.15. The Kier molecular flexibility index (Phi) is 4.31. The molecule has 2 N–H and O–H groups in total. The number of aromatic nitrogens is 3. The minimum Gasteiger partial charge on any atom is -0.443 e. The molecule has 0 spiro atoms. The molecule has 2 aromatic heterocycles. The third-order valence-electron chi connectivity index (χ3n) is 3.92. The molecule has 7 nitrogen and oxygen atoms in total. The summed E-state index contributed by atoms with van der Waals surface area (Å²) in [6.45, 7) is 5.44. The summed E-state index contributed by atoms with van der Waals surface area (Å²) in [5, 5.41) is 0. The third-order valence-corrected chi connectivity index (χ3v) is 3.92. The molecule has 0 atom stereocenters. The molecule has 1 amide bonds. The van der Waals surface area contributed by atoms with E-state index in [0.717, 1.165) is 16.6 Å². The highest BCUT2D eigenvalue weighted by Gasteiger charge is 2.26. The topological polar surface area (TPSA) is 86.3 Å². The second kappa shape index (κ2) is 6.33. The predicted octanol–water partition coefficient (Wildman–Crippen LogP) is 3.59. The number of carbonyl (C=O) groups is 1. The van der Waals surface area contributed by atoms with E-state index >= 15 is 0 Å². The van der Waals surface area contributed by atoms with Crippen LogP contribution in [0.15, 0.2) is 36.7 Å². The molecule has 0 unspecified atom stereocenters. The molecule has 0 saturated carbocycles. The fraction of sp³-hybridized carbons (Fsp3) is 0.316. The van der Waals surface area contributed by atoms with E-state index in [0.29, 0.717) is 17.2 Å². The van der Waals surface area contributed by atoms with Crippen molar-refractivity contribution in [1.82, 2.24) is 14.5 Å². The maximum absolute atomic E-state index is 12.5. The molecule has 7 heteroatoms. The first-order valence-corrected chi connectivity index (χ1v) is 8.31. The first-order valence-electron chi connectivity index (χ1n) is 8.31. The third kappa shape index (κ3) is 3.20. The van der Waals surface area contributed by atoms with Gasteiger partial charge >= 0.3 is 6.09 Å². The minimum atomic E-state index is -0.607. The standard InChI is InChI=1S/C19H23N5O2/c1-19(2,3)26-18(25)24(5)17-14-15(23(4)11-21-14)13(16(20)22-17)12-9-7-6-8-10-12/h6-11H,1-5H3,(H2,20,22). The van der Waals surface area contributed by atoms with Crippen molar-refractivity contribution in [2.45, 2.75) is 26.4 Å². The van der Waals surface area contributed by atoms with Gasteiger partial charge in [0.15, 0.2) is 5.82 Å². The van der Waals surface area contributed by atoms with Crippen LogP contribution in [0.25, 0.3) is 22.2 Å². The summed E-state index contributed by atoms with van der Waals surface area (Å²) >= 11 is 0. The zero-order valence-electron chi connectivity index (χ0n) is 15.6. The van der Waals surface area contributed by atoms with Gasteiger partial charge in [0.2, 0.25) is 0 Å². The summed E-state index contributed by atoms with van der Waals surface area (Å²) in [6, 6.07) is 9.77. The van der Waals surface area contributed by atoms with Gasteiger partial charge in [-0.05, 0) is 26.3 Å². The molecule has 0 radical (unpaired) electrons. The van der Waals surface area contributed by atoms with Gasteiger partial charge in [-0.15, -0.1) is 0 Å². The van der Waals surface area contributed by atoms with E-state index in [4.69, 9.17) is 10.5 Å². The molecule has 3 rings (SSSR count). The first-order chi connectivity index (χ1) is 12.2. The minimum absolute atomic E-state index is 0.331. The second-order valence-corrected chi connectivity index (χ2v) is 7.15. The van der Waals surface area contributed by atoms with Crippen molar-refractivity contribution in [2.75, 3.05) is 17.7 Å². The number of aryl methyl sites for hydroxylation is 1. The maximum Gasteiger partial charge on any atom is 0.415 e. The van der Waals surface area contributed by atoms with Crippen LogP contribution in [0, 0.1) is 0 Å². The van der Waals surface area contributed by atoms with E-state index in [1.54, 1.807) is 13.4 Å². The van der Waals surface area contributed by atoms with Crippen molar-refractivity contribution in [2.24, 2.45) is 7.05 Å². The zero-order valence-corrected chi connectivity index (χ0v) is 15.6. The number of benzene rings is 1. The van der Waals surface area contributed by atoms with Gasteiger partial charge in [0.05, 0.1) is 17.4 Å². The van der Waals surface area contributed by atoms with Gasteiger partial charge in [0.25, 0.3) is 0 Å². The van der Waals surface area contributed by atoms with Crippen LogP contribution in [0.4, 0.5) is 16.4 Å². The molecule has 0 bridgehead atoms. The Balaban J connectivity index is 2.17. The Morgan fingerprint density at radius 1 is 1.23 bits per heavy atom. The molecule has 0 fully saturated rings. The number of rotatable bonds is 2. The Labute approximate surface area is 152 Å². The van der Waals surface area contributed by atoms with Gasteiger partial charge in [-0.2, -0.15) is 0 Å². The van der Waals surface area contributed by atoms with Crippen LogP contribution in [-0.2, 0) is 11.8 Å². The van der Waals surface area contributed by atoms with Crippen LogP contribution in [-0.4, -0.2) is 33.3 Å². The number of anilines is 2. The quantitative estimate of drug-likeness (QED) is 0.761. The molecule has 0 aliphatic rings. The molecule has 2 heterocycles. The zero-order chi connectivity index (χ0) is 19.1. The van der Waals surface area contributed by atoms with Crippen molar-refractivity contribution >= 4 is 28.8 Å². The number of nitrogen functional groups attached to an aromatic ring is 1. The SMILES string of the molecule is CN(C(=O)OC(C)(C)C)c1nc(N)c(-c2ccccc2)c2c1ncn2C. The molecular weight excluding hydrogens is 330 g/mol. The smallest absolute Gasteiger partial charge is 0.415 e. The van der Waals surface area contributed by atoms with Crippen molar-refractivity contribution in [3.8, 4) is 11.1 Å². The molecule has 0 aliphatic heterocycles. The highest BCUT2D eigenvalue weighted by atomic mass is 16.6. The van der Waals surface area contributed by atoms with Gasteiger partial charge in [-0.1, -0.05) is 30.3 Å². The Morgan fingerprint density at radius 2 is 1.88 bits per heavy atom. The number of nitrogens with zero attached hydrogens (tertiary/aromatic N) is 4. The lowest BCUT2D eigenvalue weighted by atomic mass is 10.0. The number of fused-ring (bicyclic) bond motifs is 1. The lowest BCUT2D eigenvalue weighted by Crippen LogP contribution is -2.34. The molecule has 0 saturated heterocycles. The van der Waals surface area contributed by atoms with Crippen LogP contribution >= 0.6 is 0 Å². The van der Waals surface area contributed by atoms with Crippen LogP contribution in [0.3, 0.4) is 0 Å². The molecular formula is C19H23N5O2. The highest BCUT2D eigenvalue weighted by Crippen LogP contribution is 2.36. The van der Waals surface area contributed by atoms with Crippen LogP contribution < -0.4 is 10.6 Å². The number of hydrogen-bond donors (Lipinski definition) is 1. The summed E-state index contributed by atoms with van der Waals surface area (Å²) in [4.78, 5) is 22.7. The van der Waals surface area contributed by atoms with E-state index in [2.05, 4.69) is 9.97 Å². The lowest BCUT2D eigenvalue weighted by molar-refractivity contribution is 0.0588. The predicted molar refractivity (Wildman–Crippen MR) is 103 cm³/mol. The maximum atomic E-state index is 12.5. The number of ether oxygens (including phenoxy) is 1. The summed E-state index contributed by atoms with van der Waals surface area (Å²) in [5.41, 5.74) is 8.82.